The van der Waals surface area contributed by atoms with Crippen molar-refractivity contribution in [1.29, 1.82) is 0 Å². The summed E-state index contributed by atoms with van der Waals surface area (Å²) >= 11 is 7.80. The van der Waals surface area contributed by atoms with Crippen LogP contribution < -0.4 is 4.74 Å². The molecule has 0 bridgehead atoms. The van der Waals surface area contributed by atoms with Gasteiger partial charge in [-0.2, -0.15) is 0 Å². The number of hydrogen-bond donors (Lipinski definition) is 0. The maximum atomic E-state index is 6.04. The third kappa shape index (κ3) is 3.40. The van der Waals surface area contributed by atoms with Crippen molar-refractivity contribution in [3.8, 4) is 5.88 Å². The van der Waals surface area contributed by atoms with Gasteiger partial charge in [-0.1, -0.05) is 17.7 Å². The zero-order valence-electron chi connectivity index (χ0n) is 11.7. The standard InChI is InChI=1S/C16H16ClNO2S/c1-19-7-8-20-16-3-2-6-18(16)11-14-9-12-4-5-13(17)10-15(12)21-14/h2-6,9-10H,7-8,11H2,1H3. The molecule has 0 fully saturated rings. The highest BCUT2D eigenvalue weighted by Crippen LogP contribution is 2.29. The van der Waals surface area contributed by atoms with Crippen LogP contribution in [0, 0.1) is 0 Å². The molecule has 0 spiro atoms. The Bertz CT molecular complexity index is 735. The molecule has 0 saturated carbocycles. The van der Waals surface area contributed by atoms with Crippen molar-refractivity contribution in [1.82, 2.24) is 4.57 Å². The molecule has 3 nitrogen and oxygen atoms in total. The van der Waals surface area contributed by atoms with Gasteiger partial charge < -0.3 is 14.0 Å². The first-order valence-electron chi connectivity index (χ1n) is 6.71. The average molecular weight is 322 g/mol. The summed E-state index contributed by atoms with van der Waals surface area (Å²) in [5, 5.41) is 2.01. The molecular formula is C16H16ClNO2S. The van der Waals surface area contributed by atoms with Gasteiger partial charge in [-0.3, -0.25) is 0 Å². The van der Waals surface area contributed by atoms with Gasteiger partial charge in [0.25, 0.3) is 0 Å². The van der Waals surface area contributed by atoms with E-state index >= 15 is 0 Å². The third-order valence-electron chi connectivity index (χ3n) is 3.18. The van der Waals surface area contributed by atoms with Crippen LogP contribution in [0.3, 0.4) is 0 Å². The highest BCUT2D eigenvalue weighted by atomic mass is 35.5. The minimum absolute atomic E-state index is 0.558. The van der Waals surface area contributed by atoms with Gasteiger partial charge in [0, 0.05) is 27.9 Å². The van der Waals surface area contributed by atoms with E-state index in [1.165, 1.54) is 15.0 Å². The second-order valence-corrected chi connectivity index (χ2v) is 6.32. The predicted octanol–water partition coefficient (Wildman–Crippen LogP) is 4.43. The summed E-state index contributed by atoms with van der Waals surface area (Å²) in [4.78, 5) is 1.28. The quantitative estimate of drug-likeness (QED) is 0.627. The van der Waals surface area contributed by atoms with E-state index in [0.717, 1.165) is 17.4 Å². The maximum Gasteiger partial charge on any atom is 0.193 e. The topological polar surface area (TPSA) is 23.4 Å². The van der Waals surface area contributed by atoms with E-state index in [-0.39, 0.29) is 0 Å². The lowest BCUT2D eigenvalue weighted by Gasteiger charge is -2.09. The molecule has 21 heavy (non-hydrogen) atoms. The van der Waals surface area contributed by atoms with Crippen LogP contribution in [-0.4, -0.2) is 24.9 Å². The number of rotatable bonds is 6. The first-order valence-corrected chi connectivity index (χ1v) is 7.90. The zero-order chi connectivity index (χ0) is 14.7. The summed E-state index contributed by atoms with van der Waals surface area (Å²) in [6.07, 6.45) is 2.03. The van der Waals surface area contributed by atoms with Crippen LogP contribution in [0.1, 0.15) is 4.88 Å². The number of halogens is 1. The Morgan fingerprint density at radius 3 is 2.95 bits per heavy atom. The highest BCUT2D eigenvalue weighted by molar-refractivity contribution is 7.19. The lowest BCUT2D eigenvalue weighted by molar-refractivity contribution is 0.141. The van der Waals surface area contributed by atoms with Gasteiger partial charge in [0.05, 0.1) is 13.2 Å². The summed E-state index contributed by atoms with van der Waals surface area (Å²) in [6, 6.07) is 12.2. The molecule has 0 unspecified atom stereocenters. The van der Waals surface area contributed by atoms with E-state index in [1.807, 2.05) is 30.5 Å². The van der Waals surface area contributed by atoms with Crippen LogP contribution >= 0.6 is 22.9 Å². The van der Waals surface area contributed by atoms with E-state index in [4.69, 9.17) is 21.1 Å². The van der Waals surface area contributed by atoms with Gasteiger partial charge in [0.15, 0.2) is 5.88 Å². The van der Waals surface area contributed by atoms with Crippen LogP contribution in [0.15, 0.2) is 42.6 Å². The fraction of sp³-hybridized carbons (Fsp3) is 0.250. The van der Waals surface area contributed by atoms with Gasteiger partial charge in [-0.15, -0.1) is 11.3 Å². The van der Waals surface area contributed by atoms with Crippen LogP contribution in [0.2, 0.25) is 5.02 Å². The molecule has 3 aromatic rings. The van der Waals surface area contributed by atoms with Crippen LogP contribution in [0.4, 0.5) is 0 Å². The van der Waals surface area contributed by atoms with E-state index in [1.54, 1.807) is 18.4 Å². The number of methoxy groups -OCH3 is 1. The second kappa shape index (κ2) is 6.52. The molecular weight excluding hydrogens is 306 g/mol. The summed E-state index contributed by atoms with van der Waals surface area (Å²) in [5.74, 6) is 0.863. The van der Waals surface area contributed by atoms with Crippen LogP contribution in [0.5, 0.6) is 5.88 Å². The van der Waals surface area contributed by atoms with Crippen LogP contribution in [0.25, 0.3) is 10.1 Å². The number of ether oxygens (including phenoxy) is 2. The normalized spacial score (nSPS) is 11.1. The van der Waals surface area contributed by atoms with E-state index in [2.05, 4.69) is 16.7 Å². The molecule has 0 radical (unpaired) electrons. The largest absolute Gasteiger partial charge is 0.476 e. The second-order valence-electron chi connectivity index (χ2n) is 4.71. The molecule has 2 aromatic heterocycles. The summed E-state index contributed by atoms with van der Waals surface area (Å²) in [7, 11) is 1.67. The van der Waals surface area contributed by atoms with Crippen molar-refractivity contribution >= 4 is 33.0 Å². The SMILES string of the molecule is COCCOc1cccn1Cc1cc2ccc(Cl)cc2s1. The van der Waals surface area contributed by atoms with Gasteiger partial charge in [0.1, 0.15) is 6.61 Å². The van der Waals surface area contributed by atoms with Gasteiger partial charge in [-0.05, 0) is 35.7 Å². The summed E-state index contributed by atoms with van der Waals surface area (Å²) in [6.45, 7) is 1.95. The molecule has 0 aliphatic carbocycles. The summed E-state index contributed by atoms with van der Waals surface area (Å²) in [5.41, 5.74) is 0. The Morgan fingerprint density at radius 1 is 1.19 bits per heavy atom. The van der Waals surface area contributed by atoms with E-state index < -0.39 is 0 Å². The van der Waals surface area contributed by atoms with Crippen molar-refractivity contribution in [2.24, 2.45) is 0 Å². The number of hydrogen-bond acceptors (Lipinski definition) is 3. The van der Waals surface area contributed by atoms with Crippen molar-refractivity contribution in [2.45, 2.75) is 6.54 Å². The Labute approximate surface area is 132 Å². The maximum absolute atomic E-state index is 6.04. The number of fused-ring (bicyclic) bond motifs is 1. The van der Waals surface area contributed by atoms with Gasteiger partial charge in [0.2, 0.25) is 0 Å². The zero-order valence-corrected chi connectivity index (χ0v) is 13.3. The lowest BCUT2D eigenvalue weighted by atomic mass is 10.2. The average Bonchev–Trinajstić information content (AvgIpc) is 3.06. The number of aromatic nitrogens is 1. The Balaban J connectivity index is 1.77. The smallest absolute Gasteiger partial charge is 0.193 e. The highest BCUT2D eigenvalue weighted by Gasteiger charge is 2.06. The summed E-state index contributed by atoms with van der Waals surface area (Å²) < 4.78 is 14.0. The van der Waals surface area contributed by atoms with Crippen molar-refractivity contribution in [3.05, 3.63) is 52.5 Å². The minimum atomic E-state index is 0.558. The molecule has 0 aliphatic rings. The third-order valence-corrected chi connectivity index (χ3v) is 4.50. The molecule has 110 valence electrons. The molecule has 0 saturated heterocycles. The molecule has 5 heteroatoms. The number of nitrogens with zero attached hydrogens (tertiary/aromatic N) is 1. The van der Waals surface area contributed by atoms with Crippen LogP contribution in [-0.2, 0) is 11.3 Å². The molecule has 0 N–H and O–H groups in total. The fourth-order valence-corrected chi connectivity index (χ4v) is 3.53. The van der Waals surface area contributed by atoms with Crippen molar-refractivity contribution in [2.75, 3.05) is 20.3 Å². The van der Waals surface area contributed by atoms with Crippen molar-refractivity contribution < 1.29 is 9.47 Å². The van der Waals surface area contributed by atoms with E-state index in [0.29, 0.717) is 13.2 Å². The number of thiophene rings is 1. The Morgan fingerprint density at radius 2 is 2.10 bits per heavy atom. The molecule has 0 amide bonds. The Kier molecular flexibility index (Phi) is 4.48. The van der Waals surface area contributed by atoms with Crippen molar-refractivity contribution in [3.63, 3.8) is 0 Å². The number of benzene rings is 1. The Hall–Kier alpha value is -1.49. The van der Waals surface area contributed by atoms with Gasteiger partial charge in [-0.25, -0.2) is 0 Å². The molecule has 2 heterocycles. The first kappa shape index (κ1) is 14.4. The molecule has 1 aromatic carbocycles. The predicted molar refractivity (Wildman–Crippen MR) is 87.7 cm³/mol. The first-order chi connectivity index (χ1) is 10.3. The molecule has 0 aliphatic heterocycles. The minimum Gasteiger partial charge on any atom is -0.476 e. The monoisotopic (exact) mass is 321 g/mol. The van der Waals surface area contributed by atoms with Gasteiger partial charge >= 0.3 is 0 Å². The molecule has 0 atom stereocenters. The van der Waals surface area contributed by atoms with E-state index in [9.17, 15) is 0 Å². The lowest BCUT2D eigenvalue weighted by Crippen LogP contribution is -2.08. The fourth-order valence-electron chi connectivity index (χ4n) is 2.20. The molecule has 3 rings (SSSR count).